The Morgan fingerprint density at radius 3 is 2.39 bits per heavy atom. The normalized spacial score (nSPS) is 11.2. The van der Waals surface area contributed by atoms with Crippen molar-refractivity contribution in [2.24, 2.45) is 0 Å². The summed E-state index contributed by atoms with van der Waals surface area (Å²) < 4.78 is 25.3. The standard InChI is InChI=1S/C21H28N2O3S2/c1-17-7-4-9-19(13-17)16-27-12-6-11-22-21(24)15-23(28(3,25)26)20-10-5-8-18(2)14-20/h4-5,7-10,13-14H,6,11-12,15-16H2,1-3H3,(H,22,24). The SMILES string of the molecule is Cc1cccc(CSCCCNC(=O)CN(c2cccc(C)c2)S(C)(=O)=O)c1. The largest absolute Gasteiger partial charge is 0.354 e. The molecule has 152 valence electrons. The Balaban J connectivity index is 1.75. The monoisotopic (exact) mass is 420 g/mol. The number of anilines is 1. The highest BCUT2D eigenvalue weighted by Gasteiger charge is 2.20. The number of carbonyl (C=O) groups is 1. The van der Waals surface area contributed by atoms with Crippen molar-refractivity contribution in [3.05, 3.63) is 65.2 Å². The number of rotatable bonds is 10. The summed E-state index contributed by atoms with van der Waals surface area (Å²) in [6.07, 6.45) is 1.95. The van der Waals surface area contributed by atoms with E-state index < -0.39 is 10.0 Å². The van der Waals surface area contributed by atoms with Gasteiger partial charge in [0.25, 0.3) is 0 Å². The van der Waals surface area contributed by atoms with Crippen LogP contribution in [-0.4, -0.2) is 39.4 Å². The number of aryl methyl sites for hydroxylation is 2. The number of hydrogen-bond acceptors (Lipinski definition) is 4. The minimum atomic E-state index is -3.53. The van der Waals surface area contributed by atoms with Crippen molar-refractivity contribution < 1.29 is 13.2 Å². The number of nitrogens with one attached hydrogen (secondary N) is 1. The maximum atomic E-state index is 12.2. The maximum Gasteiger partial charge on any atom is 0.240 e. The van der Waals surface area contributed by atoms with E-state index >= 15 is 0 Å². The molecule has 5 nitrogen and oxygen atoms in total. The van der Waals surface area contributed by atoms with Gasteiger partial charge < -0.3 is 5.32 Å². The zero-order chi connectivity index (χ0) is 20.6. The highest BCUT2D eigenvalue weighted by atomic mass is 32.2. The molecule has 2 aromatic rings. The molecule has 2 rings (SSSR count). The fourth-order valence-electron chi connectivity index (χ4n) is 2.76. The number of carbonyl (C=O) groups excluding carboxylic acids is 1. The molecule has 0 aliphatic heterocycles. The molecule has 0 aliphatic rings. The molecule has 0 fully saturated rings. The quantitative estimate of drug-likeness (QED) is 0.598. The summed E-state index contributed by atoms with van der Waals surface area (Å²) in [6.45, 7) is 4.29. The first-order valence-electron chi connectivity index (χ1n) is 9.20. The summed E-state index contributed by atoms with van der Waals surface area (Å²) in [7, 11) is -3.53. The summed E-state index contributed by atoms with van der Waals surface area (Å²) in [5.74, 6) is 1.59. The molecule has 0 saturated heterocycles. The fourth-order valence-corrected chi connectivity index (χ4v) is 4.52. The van der Waals surface area contributed by atoms with Crippen molar-refractivity contribution in [2.75, 3.05) is 29.4 Å². The molecule has 0 bridgehead atoms. The van der Waals surface area contributed by atoms with Gasteiger partial charge >= 0.3 is 0 Å². The average Bonchev–Trinajstić information content (AvgIpc) is 2.61. The summed E-state index contributed by atoms with van der Waals surface area (Å²) in [4.78, 5) is 12.2. The first-order valence-corrected chi connectivity index (χ1v) is 12.2. The van der Waals surface area contributed by atoms with Crippen LogP contribution in [0.3, 0.4) is 0 Å². The molecule has 0 saturated carbocycles. The molecule has 0 atom stereocenters. The lowest BCUT2D eigenvalue weighted by Crippen LogP contribution is -2.40. The molecule has 0 aromatic heterocycles. The van der Waals surface area contributed by atoms with Crippen LogP contribution < -0.4 is 9.62 Å². The summed E-state index contributed by atoms with van der Waals surface area (Å²) >= 11 is 1.83. The molecule has 0 heterocycles. The Morgan fingerprint density at radius 2 is 1.75 bits per heavy atom. The molecule has 1 amide bonds. The van der Waals surface area contributed by atoms with Crippen LogP contribution in [0.2, 0.25) is 0 Å². The molecule has 28 heavy (non-hydrogen) atoms. The van der Waals surface area contributed by atoms with Crippen molar-refractivity contribution in [1.29, 1.82) is 0 Å². The predicted octanol–water partition coefficient (Wildman–Crippen LogP) is 3.51. The second-order valence-electron chi connectivity index (χ2n) is 6.85. The molecule has 0 spiro atoms. The van der Waals surface area contributed by atoms with Crippen LogP contribution in [0, 0.1) is 13.8 Å². The van der Waals surface area contributed by atoms with Crippen LogP contribution >= 0.6 is 11.8 Å². The third-order valence-electron chi connectivity index (χ3n) is 4.12. The van der Waals surface area contributed by atoms with Gasteiger partial charge in [0, 0.05) is 12.3 Å². The van der Waals surface area contributed by atoms with Gasteiger partial charge in [-0.2, -0.15) is 11.8 Å². The zero-order valence-electron chi connectivity index (χ0n) is 16.6. The summed E-state index contributed by atoms with van der Waals surface area (Å²) in [5, 5.41) is 2.82. The van der Waals surface area contributed by atoms with E-state index in [4.69, 9.17) is 0 Å². The Bertz CT molecular complexity index is 898. The highest BCUT2D eigenvalue weighted by Crippen LogP contribution is 2.18. The van der Waals surface area contributed by atoms with Gasteiger partial charge in [-0.1, -0.05) is 42.0 Å². The average molecular weight is 421 g/mol. The molecule has 2 aromatic carbocycles. The Morgan fingerprint density at radius 1 is 1.07 bits per heavy atom. The minimum absolute atomic E-state index is 0.210. The predicted molar refractivity (Wildman–Crippen MR) is 118 cm³/mol. The van der Waals surface area contributed by atoms with E-state index in [1.807, 2.05) is 24.8 Å². The van der Waals surface area contributed by atoms with Gasteiger partial charge in [0.1, 0.15) is 6.54 Å². The number of benzene rings is 2. The van der Waals surface area contributed by atoms with Crippen LogP contribution in [0.15, 0.2) is 48.5 Å². The van der Waals surface area contributed by atoms with E-state index in [0.29, 0.717) is 12.2 Å². The van der Waals surface area contributed by atoms with Gasteiger partial charge in [-0.25, -0.2) is 8.42 Å². The van der Waals surface area contributed by atoms with Gasteiger partial charge in [0.15, 0.2) is 0 Å². The minimum Gasteiger partial charge on any atom is -0.354 e. The summed E-state index contributed by atoms with van der Waals surface area (Å²) in [6, 6.07) is 15.6. The van der Waals surface area contributed by atoms with Gasteiger partial charge in [0.05, 0.1) is 11.9 Å². The first-order chi connectivity index (χ1) is 13.3. The molecule has 7 heteroatoms. The topological polar surface area (TPSA) is 66.5 Å². The van der Waals surface area contributed by atoms with Crippen molar-refractivity contribution in [2.45, 2.75) is 26.0 Å². The van der Waals surface area contributed by atoms with E-state index in [9.17, 15) is 13.2 Å². The second kappa shape index (κ2) is 10.5. The number of thioether (sulfide) groups is 1. The van der Waals surface area contributed by atoms with Crippen LogP contribution in [0.5, 0.6) is 0 Å². The molecular weight excluding hydrogens is 392 g/mol. The second-order valence-corrected chi connectivity index (χ2v) is 9.87. The van der Waals surface area contributed by atoms with Gasteiger partial charge in [0.2, 0.25) is 15.9 Å². The Kier molecular flexibility index (Phi) is 8.38. The number of sulfonamides is 1. The van der Waals surface area contributed by atoms with E-state index in [2.05, 4.69) is 36.5 Å². The van der Waals surface area contributed by atoms with Crippen LogP contribution in [0.1, 0.15) is 23.1 Å². The van der Waals surface area contributed by atoms with Crippen LogP contribution in [-0.2, 0) is 20.6 Å². The van der Waals surface area contributed by atoms with Crippen LogP contribution in [0.4, 0.5) is 5.69 Å². The van der Waals surface area contributed by atoms with E-state index in [1.165, 1.54) is 11.1 Å². The lowest BCUT2D eigenvalue weighted by Gasteiger charge is -2.22. The van der Waals surface area contributed by atoms with E-state index in [0.717, 1.165) is 34.1 Å². The van der Waals surface area contributed by atoms with Gasteiger partial charge in [-0.3, -0.25) is 9.10 Å². The van der Waals surface area contributed by atoms with Crippen molar-refractivity contribution in [1.82, 2.24) is 5.32 Å². The maximum absolute atomic E-state index is 12.2. The van der Waals surface area contributed by atoms with Gasteiger partial charge in [-0.05, 0) is 49.3 Å². The third-order valence-corrected chi connectivity index (χ3v) is 6.37. The van der Waals surface area contributed by atoms with Crippen molar-refractivity contribution >= 4 is 33.4 Å². The zero-order valence-corrected chi connectivity index (χ0v) is 18.3. The first kappa shape index (κ1) is 22.3. The Labute approximate surface area is 172 Å². The van der Waals surface area contributed by atoms with Gasteiger partial charge in [-0.15, -0.1) is 0 Å². The smallest absolute Gasteiger partial charge is 0.240 e. The number of amides is 1. The number of hydrogen-bond donors (Lipinski definition) is 1. The lowest BCUT2D eigenvalue weighted by atomic mass is 10.2. The molecule has 0 radical (unpaired) electrons. The van der Waals surface area contributed by atoms with Crippen LogP contribution in [0.25, 0.3) is 0 Å². The highest BCUT2D eigenvalue weighted by molar-refractivity contribution is 7.98. The molecule has 1 N–H and O–H groups in total. The lowest BCUT2D eigenvalue weighted by molar-refractivity contribution is -0.119. The Hall–Kier alpha value is -1.99. The molecular formula is C21H28N2O3S2. The molecule has 0 unspecified atom stereocenters. The van der Waals surface area contributed by atoms with E-state index in [-0.39, 0.29) is 12.5 Å². The van der Waals surface area contributed by atoms with Crippen molar-refractivity contribution in [3.8, 4) is 0 Å². The fraction of sp³-hybridized carbons (Fsp3) is 0.381. The van der Waals surface area contributed by atoms with E-state index in [1.54, 1.807) is 18.2 Å². The number of nitrogens with zero attached hydrogens (tertiary/aromatic N) is 1. The molecule has 0 aliphatic carbocycles. The summed E-state index contributed by atoms with van der Waals surface area (Å²) in [5.41, 5.74) is 4.01. The third kappa shape index (κ3) is 7.56. The van der Waals surface area contributed by atoms with Crippen molar-refractivity contribution in [3.63, 3.8) is 0 Å².